The summed E-state index contributed by atoms with van der Waals surface area (Å²) in [6.45, 7) is 3.68. The van der Waals surface area contributed by atoms with Gasteiger partial charge in [-0.25, -0.2) is 0 Å². The molecule has 0 aliphatic rings. The van der Waals surface area contributed by atoms with Gasteiger partial charge in [-0.05, 0) is 30.7 Å². The number of halogens is 1. The molecule has 0 saturated heterocycles. The second-order valence-corrected chi connectivity index (χ2v) is 5.72. The lowest BCUT2D eigenvalue weighted by molar-refractivity contribution is 0.0575. The summed E-state index contributed by atoms with van der Waals surface area (Å²) >= 11 is 3.44. The highest BCUT2D eigenvalue weighted by atomic mass is 79.9. The molecule has 0 bridgehead atoms. The molecule has 108 valence electrons. The van der Waals surface area contributed by atoms with Crippen LogP contribution >= 0.6 is 15.9 Å². The maximum Gasteiger partial charge on any atom is 0.122 e. The van der Waals surface area contributed by atoms with Crippen molar-refractivity contribution < 1.29 is 14.6 Å². The van der Waals surface area contributed by atoms with Gasteiger partial charge in [-0.3, -0.25) is 0 Å². The average Bonchev–Trinajstić information content (AvgIpc) is 2.34. The predicted octanol–water partition coefficient (Wildman–Crippen LogP) is 1.99. The molecule has 5 heteroatoms. The first-order valence-electron chi connectivity index (χ1n) is 6.23. The highest BCUT2D eigenvalue weighted by Crippen LogP contribution is 2.26. The zero-order valence-electron chi connectivity index (χ0n) is 11.7. The van der Waals surface area contributed by atoms with Crippen molar-refractivity contribution >= 4 is 15.9 Å². The second kappa shape index (κ2) is 7.85. The van der Waals surface area contributed by atoms with Crippen LogP contribution < -0.4 is 10.1 Å². The molecule has 0 radical (unpaired) electrons. The lowest BCUT2D eigenvalue weighted by atomic mass is 9.96. The maximum atomic E-state index is 10.4. The largest absolute Gasteiger partial charge is 0.496 e. The van der Waals surface area contributed by atoms with E-state index in [9.17, 15) is 5.11 Å². The molecule has 0 aromatic heterocycles. The summed E-state index contributed by atoms with van der Waals surface area (Å²) in [5.74, 6) is 0.792. The standard InChI is InChI=1S/C14H22BrNO3/c1-14(17,10-16-6-7-18-2)9-11-8-12(15)4-5-13(11)19-3/h4-5,8,16-17H,6-7,9-10H2,1-3H3. The fourth-order valence-corrected chi connectivity index (χ4v) is 2.30. The Hall–Kier alpha value is -0.620. The summed E-state index contributed by atoms with van der Waals surface area (Å²) in [7, 11) is 3.30. The van der Waals surface area contributed by atoms with Gasteiger partial charge >= 0.3 is 0 Å². The minimum Gasteiger partial charge on any atom is -0.496 e. The number of methoxy groups -OCH3 is 2. The summed E-state index contributed by atoms with van der Waals surface area (Å²) in [5.41, 5.74) is 0.150. The molecule has 1 aromatic rings. The van der Waals surface area contributed by atoms with Gasteiger partial charge in [0, 0.05) is 31.1 Å². The van der Waals surface area contributed by atoms with E-state index < -0.39 is 5.60 Å². The lowest BCUT2D eigenvalue weighted by Gasteiger charge is -2.25. The van der Waals surface area contributed by atoms with Gasteiger partial charge in [-0.1, -0.05) is 15.9 Å². The number of ether oxygens (including phenoxy) is 2. The topological polar surface area (TPSA) is 50.7 Å². The summed E-state index contributed by atoms with van der Waals surface area (Å²) in [6, 6.07) is 5.80. The van der Waals surface area contributed by atoms with Crippen molar-refractivity contribution in [2.24, 2.45) is 0 Å². The van der Waals surface area contributed by atoms with Crippen LogP contribution in [-0.2, 0) is 11.2 Å². The van der Waals surface area contributed by atoms with Crippen molar-refractivity contribution in [3.63, 3.8) is 0 Å². The SMILES string of the molecule is COCCNCC(C)(O)Cc1cc(Br)ccc1OC. The Morgan fingerprint density at radius 1 is 1.37 bits per heavy atom. The monoisotopic (exact) mass is 331 g/mol. The van der Waals surface area contributed by atoms with Crippen LogP contribution in [0.5, 0.6) is 5.75 Å². The molecule has 1 rings (SSSR count). The Bertz CT molecular complexity index is 396. The Morgan fingerprint density at radius 3 is 2.74 bits per heavy atom. The van der Waals surface area contributed by atoms with Crippen molar-refractivity contribution in [3.05, 3.63) is 28.2 Å². The van der Waals surface area contributed by atoms with Crippen LogP contribution in [-0.4, -0.2) is 44.6 Å². The Labute approximate surface area is 123 Å². The van der Waals surface area contributed by atoms with E-state index in [0.717, 1.165) is 22.3 Å². The van der Waals surface area contributed by atoms with E-state index in [1.807, 2.05) is 25.1 Å². The molecule has 4 nitrogen and oxygen atoms in total. The van der Waals surface area contributed by atoms with E-state index in [2.05, 4.69) is 21.2 Å². The molecule has 0 heterocycles. The molecule has 1 atom stereocenters. The van der Waals surface area contributed by atoms with E-state index in [4.69, 9.17) is 9.47 Å². The molecular weight excluding hydrogens is 310 g/mol. The van der Waals surface area contributed by atoms with Crippen molar-refractivity contribution in [1.82, 2.24) is 5.32 Å². The number of aliphatic hydroxyl groups is 1. The first-order chi connectivity index (χ1) is 8.98. The van der Waals surface area contributed by atoms with Crippen LogP contribution in [0.4, 0.5) is 0 Å². The number of rotatable bonds is 8. The summed E-state index contributed by atoms with van der Waals surface area (Å²) in [5, 5.41) is 13.6. The first kappa shape index (κ1) is 16.4. The molecule has 0 amide bonds. The average molecular weight is 332 g/mol. The van der Waals surface area contributed by atoms with Crippen molar-refractivity contribution in [3.8, 4) is 5.75 Å². The van der Waals surface area contributed by atoms with Crippen molar-refractivity contribution in [1.29, 1.82) is 0 Å². The zero-order valence-corrected chi connectivity index (χ0v) is 13.3. The third-order valence-electron chi connectivity index (χ3n) is 2.80. The number of nitrogens with one attached hydrogen (secondary N) is 1. The first-order valence-corrected chi connectivity index (χ1v) is 7.02. The highest BCUT2D eigenvalue weighted by Gasteiger charge is 2.22. The minimum atomic E-state index is -0.832. The highest BCUT2D eigenvalue weighted by molar-refractivity contribution is 9.10. The molecule has 0 fully saturated rings. The molecule has 0 aliphatic carbocycles. The van der Waals surface area contributed by atoms with Crippen LogP contribution in [0, 0.1) is 0 Å². The van der Waals surface area contributed by atoms with Gasteiger partial charge in [-0.2, -0.15) is 0 Å². The van der Waals surface area contributed by atoms with Crippen molar-refractivity contribution in [2.75, 3.05) is 33.9 Å². The third kappa shape index (κ3) is 5.91. The summed E-state index contributed by atoms with van der Waals surface area (Å²) < 4.78 is 11.3. The molecule has 2 N–H and O–H groups in total. The third-order valence-corrected chi connectivity index (χ3v) is 3.30. The molecule has 0 spiro atoms. The van der Waals surface area contributed by atoms with E-state index in [-0.39, 0.29) is 0 Å². The Balaban J connectivity index is 2.63. The van der Waals surface area contributed by atoms with Gasteiger partial charge in [0.15, 0.2) is 0 Å². The molecular formula is C14H22BrNO3. The number of hydrogen-bond donors (Lipinski definition) is 2. The van der Waals surface area contributed by atoms with Crippen molar-refractivity contribution in [2.45, 2.75) is 18.9 Å². The lowest BCUT2D eigenvalue weighted by Crippen LogP contribution is -2.40. The van der Waals surface area contributed by atoms with E-state index in [0.29, 0.717) is 19.6 Å². The van der Waals surface area contributed by atoms with Crippen LogP contribution in [0.15, 0.2) is 22.7 Å². The normalized spacial score (nSPS) is 14.2. The van der Waals surface area contributed by atoms with E-state index in [1.165, 1.54) is 0 Å². The van der Waals surface area contributed by atoms with Gasteiger partial charge in [0.2, 0.25) is 0 Å². The van der Waals surface area contributed by atoms with Gasteiger partial charge in [0.25, 0.3) is 0 Å². The summed E-state index contributed by atoms with van der Waals surface area (Å²) in [4.78, 5) is 0. The molecule has 1 unspecified atom stereocenters. The molecule has 1 aromatic carbocycles. The summed E-state index contributed by atoms with van der Waals surface area (Å²) in [6.07, 6.45) is 0.523. The fraction of sp³-hybridized carbons (Fsp3) is 0.571. The Morgan fingerprint density at radius 2 is 2.11 bits per heavy atom. The van der Waals surface area contributed by atoms with Crippen LogP contribution in [0.25, 0.3) is 0 Å². The smallest absolute Gasteiger partial charge is 0.122 e. The van der Waals surface area contributed by atoms with E-state index in [1.54, 1.807) is 14.2 Å². The van der Waals surface area contributed by atoms with Gasteiger partial charge in [-0.15, -0.1) is 0 Å². The Kier molecular flexibility index (Phi) is 6.79. The second-order valence-electron chi connectivity index (χ2n) is 4.80. The molecule has 0 aliphatic heterocycles. The van der Waals surface area contributed by atoms with Crippen LogP contribution in [0.3, 0.4) is 0 Å². The predicted molar refractivity (Wildman–Crippen MR) is 79.8 cm³/mol. The van der Waals surface area contributed by atoms with Crippen LogP contribution in [0.2, 0.25) is 0 Å². The van der Waals surface area contributed by atoms with Gasteiger partial charge in [0.1, 0.15) is 5.75 Å². The maximum absolute atomic E-state index is 10.4. The van der Waals surface area contributed by atoms with Crippen LogP contribution in [0.1, 0.15) is 12.5 Å². The fourth-order valence-electron chi connectivity index (χ4n) is 1.89. The number of benzene rings is 1. The number of hydrogen-bond acceptors (Lipinski definition) is 4. The molecule has 19 heavy (non-hydrogen) atoms. The van der Waals surface area contributed by atoms with Gasteiger partial charge in [0.05, 0.1) is 19.3 Å². The minimum absolute atomic E-state index is 0.506. The molecule has 0 saturated carbocycles. The zero-order chi connectivity index (χ0) is 14.3. The quantitative estimate of drug-likeness (QED) is 0.715. The van der Waals surface area contributed by atoms with Gasteiger partial charge < -0.3 is 19.9 Å². The van der Waals surface area contributed by atoms with E-state index >= 15 is 0 Å².